The van der Waals surface area contributed by atoms with Crippen LogP contribution in [0.25, 0.3) is 5.57 Å². The van der Waals surface area contributed by atoms with Crippen molar-refractivity contribution in [3.63, 3.8) is 0 Å². The molecule has 1 aliphatic rings. The van der Waals surface area contributed by atoms with Crippen LogP contribution in [0.3, 0.4) is 0 Å². The summed E-state index contributed by atoms with van der Waals surface area (Å²) in [6.07, 6.45) is 6.35. The van der Waals surface area contributed by atoms with E-state index in [2.05, 4.69) is 79.0 Å². The molecule has 0 radical (unpaired) electrons. The zero-order valence-corrected chi connectivity index (χ0v) is 13.3. The van der Waals surface area contributed by atoms with Crippen molar-refractivity contribution in [3.05, 3.63) is 77.9 Å². The molecule has 2 atom stereocenters. The smallest absolute Gasteiger partial charge is 0.00727 e. The molecule has 0 aromatic heterocycles. The number of nitrogens with one attached hydrogen (secondary N) is 1. The van der Waals surface area contributed by atoms with E-state index in [1.165, 1.54) is 36.0 Å². The number of rotatable bonds is 5. The zero-order valence-electron chi connectivity index (χ0n) is 13.3. The Morgan fingerprint density at radius 2 is 1.55 bits per heavy atom. The van der Waals surface area contributed by atoms with Gasteiger partial charge in [0.2, 0.25) is 0 Å². The minimum atomic E-state index is 0.680. The second kappa shape index (κ2) is 7.42. The van der Waals surface area contributed by atoms with E-state index in [1.54, 1.807) is 0 Å². The predicted molar refractivity (Wildman–Crippen MR) is 94.8 cm³/mol. The lowest BCUT2D eigenvalue weighted by Gasteiger charge is -2.13. The molecule has 0 amide bonds. The molecule has 22 heavy (non-hydrogen) atoms. The van der Waals surface area contributed by atoms with Crippen LogP contribution in [0.4, 0.5) is 0 Å². The minimum Gasteiger partial charge on any atom is -0.314 e. The Kier molecular flexibility index (Phi) is 5.07. The summed E-state index contributed by atoms with van der Waals surface area (Å²) in [6, 6.07) is 22.2. The molecule has 1 heteroatoms. The number of hydrogen-bond donors (Lipinski definition) is 1. The van der Waals surface area contributed by atoms with Gasteiger partial charge in [0.05, 0.1) is 0 Å². The molecule has 1 saturated carbocycles. The van der Waals surface area contributed by atoms with Crippen LogP contribution in [0.5, 0.6) is 0 Å². The molecule has 1 nitrogen and oxygen atoms in total. The Morgan fingerprint density at radius 3 is 2.09 bits per heavy atom. The zero-order chi connectivity index (χ0) is 15.2. The molecule has 0 heterocycles. The van der Waals surface area contributed by atoms with Crippen LogP contribution in [-0.2, 0) is 0 Å². The summed E-state index contributed by atoms with van der Waals surface area (Å²) in [5.74, 6) is 0.680. The Morgan fingerprint density at radius 1 is 0.955 bits per heavy atom. The summed E-state index contributed by atoms with van der Waals surface area (Å²) in [5, 5.41) is 3.60. The van der Waals surface area contributed by atoms with Crippen molar-refractivity contribution in [2.45, 2.75) is 32.2 Å². The maximum atomic E-state index is 3.60. The highest BCUT2D eigenvalue weighted by Gasteiger charge is 2.23. The predicted octanol–water partition coefficient (Wildman–Crippen LogP) is 4.90. The highest BCUT2D eigenvalue weighted by molar-refractivity contribution is 5.79. The van der Waals surface area contributed by atoms with Crippen LogP contribution in [0.2, 0.25) is 0 Å². The van der Waals surface area contributed by atoms with E-state index in [0.717, 1.165) is 6.54 Å². The molecule has 2 aromatic rings. The molecule has 114 valence electrons. The average molecular weight is 291 g/mol. The Labute approximate surface area is 134 Å². The first kappa shape index (κ1) is 15.1. The van der Waals surface area contributed by atoms with Crippen molar-refractivity contribution in [1.82, 2.24) is 5.32 Å². The van der Waals surface area contributed by atoms with E-state index in [0.29, 0.717) is 12.0 Å². The highest BCUT2D eigenvalue weighted by atomic mass is 14.9. The van der Waals surface area contributed by atoms with Crippen molar-refractivity contribution in [1.29, 1.82) is 0 Å². The minimum absolute atomic E-state index is 0.680. The van der Waals surface area contributed by atoms with E-state index >= 15 is 0 Å². The van der Waals surface area contributed by atoms with Gasteiger partial charge in [-0.05, 0) is 48.4 Å². The standard InChI is InChI=1S/C21H25N/c1-2-22-20-14-13-17(15-20)16-21(18-9-5-3-6-10-18)19-11-7-4-8-12-19/h3-12,16-17,20,22H,2,13-15H2,1H3/t17-,20-/m0/s1. The third-order valence-electron chi connectivity index (χ3n) is 4.54. The van der Waals surface area contributed by atoms with Crippen LogP contribution in [0.1, 0.15) is 37.3 Å². The molecule has 1 N–H and O–H groups in total. The first-order valence-corrected chi connectivity index (χ1v) is 8.43. The van der Waals surface area contributed by atoms with Crippen molar-refractivity contribution >= 4 is 5.57 Å². The van der Waals surface area contributed by atoms with Gasteiger partial charge in [-0.3, -0.25) is 0 Å². The number of benzene rings is 2. The maximum absolute atomic E-state index is 3.60. The van der Waals surface area contributed by atoms with Gasteiger partial charge in [0, 0.05) is 6.04 Å². The van der Waals surface area contributed by atoms with Crippen molar-refractivity contribution in [2.24, 2.45) is 5.92 Å². The van der Waals surface area contributed by atoms with Crippen LogP contribution in [0, 0.1) is 5.92 Å². The normalized spacial score (nSPS) is 20.8. The summed E-state index contributed by atoms with van der Waals surface area (Å²) >= 11 is 0. The van der Waals surface area contributed by atoms with Crippen LogP contribution in [0.15, 0.2) is 66.7 Å². The molecule has 0 saturated heterocycles. The fraction of sp³-hybridized carbons (Fsp3) is 0.333. The molecule has 0 unspecified atom stereocenters. The van der Waals surface area contributed by atoms with E-state index in [9.17, 15) is 0 Å². The van der Waals surface area contributed by atoms with Crippen LogP contribution < -0.4 is 5.32 Å². The highest BCUT2D eigenvalue weighted by Crippen LogP contribution is 2.32. The topological polar surface area (TPSA) is 12.0 Å². The average Bonchev–Trinajstić information content (AvgIpc) is 3.02. The fourth-order valence-electron chi connectivity index (χ4n) is 3.47. The molecule has 2 aromatic carbocycles. The molecule has 1 aliphatic carbocycles. The van der Waals surface area contributed by atoms with E-state index in [1.807, 2.05) is 0 Å². The second-order valence-corrected chi connectivity index (χ2v) is 6.14. The van der Waals surface area contributed by atoms with Crippen molar-refractivity contribution < 1.29 is 0 Å². The summed E-state index contributed by atoms with van der Waals surface area (Å²) in [6.45, 7) is 3.27. The number of allylic oxidation sites excluding steroid dienone is 1. The maximum Gasteiger partial charge on any atom is 0.00727 e. The van der Waals surface area contributed by atoms with Crippen LogP contribution in [-0.4, -0.2) is 12.6 Å². The molecule has 3 rings (SSSR count). The molecular weight excluding hydrogens is 266 g/mol. The van der Waals surface area contributed by atoms with Gasteiger partial charge < -0.3 is 5.32 Å². The van der Waals surface area contributed by atoms with Gasteiger partial charge in [-0.2, -0.15) is 0 Å². The van der Waals surface area contributed by atoms with Gasteiger partial charge in [-0.1, -0.05) is 73.7 Å². The lowest BCUT2D eigenvalue weighted by Crippen LogP contribution is -2.25. The molecular formula is C21H25N. The monoisotopic (exact) mass is 291 g/mol. The van der Waals surface area contributed by atoms with Gasteiger partial charge in [-0.15, -0.1) is 0 Å². The Bertz CT molecular complexity index is 559. The van der Waals surface area contributed by atoms with Gasteiger partial charge >= 0.3 is 0 Å². The quantitative estimate of drug-likeness (QED) is 0.826. The third kappa shape index (κ3) is 3.66. The largest absolute Gasteiger partial charge is 0.314 e. The van der Waals surface area contributed by atoms with E-state index in [-0.39, 0.29) is 0 Å². The van der Waals surface area contributed by atoms with Gasteiger partial charge in [0.15, 0.2) is 0 Å². The summed E-state index contributed by atoms with van der Waals surface area (Å²) in [4.78, 5) is 0. The van der Waals surface area contributed by atoms with E-state index < -0.39 is 0 Å². The molecule has 0 bridgehead atoms. The summed E-state index contributed by atoms with van der Waals surface area (Å²) in [5.41, 5.74) is 4.02. The lowest BCUT2D eigenvalue weighted by atomic mass is 9.93. The van der Waals surface area contributed by atoms with Gasteiger partial charge in [0.1, 0.15) is 0 Å². The Hall–Kier alpha value is -1.86. The Balaban J connectivity index is 1.88. The second-order valence-electron chi connectivity index (χ2n) is 6.14. The SMILES string of the molecule is CCN[C@H]1CC[C@H](C=C(c2ccccc2)c2ccccc2)C1. The van der Waals surface area contributed by atoms with Crippen molar-refractivity contribution in [2.75, 3.05) is 6.54 Å². The first-order chi connectivity index (χ1) is 10.9. The summed E-state index contributed by atoms with van der Waals surface area (Å²) < 4.78 is 0. The van der Waals surface area contributed by atoms with Gasteiger partial charge in [-0.25, -0.2) is 0 Å². The third-order valence-corrected chi connectivity index (χ3v) is 4.54. The molecule has 0 spiro atoms. The van der Waals surface area contributed by atoms with Gasteiger partial charge in [0.25, 0.3) is 0 Å². The first-order valence-electron chi connectivity index (χ1n) is 8.43. The van der Waals surface area contributed by atoms with Crippen LogP contribution >= 0.6 is 0 Å². The lowest BCUT2D eigenvalue weighted by molar-refractivity contribution is 0.530. The fourth-order valence-corrected chi connectivity index (χ4v) is 3.47. The van der Waals surface area contributed by atoms with Crippen molar-refractivity contribution in [3.8, 4) is 0 Å². The molecule has 1 fully saturated rings. The summed E-state index contributed by atoms with van der Waals surface area (Å²) in [7, 11) is 0. The van der Waals surface area contributed by atoms with E-state index in [4.69, 9.17) is 0 Å². The number of hydrogen-bond acceptors (Lipinski definition) is 1. The molecule has 0 aliphatic heterocycles.